The van der Waals surface area contributed by atoms with Gasteiger partial charge in [0, 0.05) is 21.1 Å². The molecule has 0 aliphatic rings. The predicted octanol–water partition coefficient (Wildman–Crippen LogP) is 3.65. The van der Waals surface area contributed by atoms with Crippen LogP contribution in [0.4, 0.5) is 0 Å². The van der Waals surface area contributed by atoms with E-state index in [1.807, 2.05) is 19.1 Å². The molecular weight excluding hydrogens is 277 g/mol. The fraction of sp³-hybridized carbons (Fsp3) is 0.273. The summed E-state index contributed by atoms with van der Waals surface area (Å²) < 4.78 is 6.32. The molecule has 1 aromatic rings. The van der Waals surface area contributed by atoms with Crippen molar-refractivity contribution in [3.63, 3.8) is 0 Å². The Hall–Kier alpha value is -0.510. The molecule has 0 aliphatic carbocycles. The van der Waals surface area contributed by atoms with Crippen molar-refractivity contribution < 1.29 is 4.74 Å². The summed E-state index contributed by atoms with van der Waals surface area (Å²) in [5.74, 6) is 0.745. The lowest BCUT2D eigenvalue weighted by atomic mass is 10.1. The lowest BCUT2D eigenvalue weighted by Gasteiger charge is -2.13. The highest BCUT2D eigenvalue weighted by molar-refractivity contribution is 9.11. The molecule has 4 heteroatoms. The molecule has 0 spiro atoms. The molecule has 0 amide bonds. The average Bonchev–Trinajstić information content (AvgIpc) is 2.15. The second kappa shape index (κ2) is 5.54. The van der Waals surface area contributed by atoms with E-state index in [-0.39, 0.29) is 6.04 Å². The SMILES string of the molecule is C=C(Br)COc1ccc(Cl)cc1[C@H](C)N. The Morgan fingerprint density at radius 3 is 2.87 bits per heavy atom. The number of benzene rings is 1. The van der Waals surface area contributed by atoms with Crippen LogP contribution in [0.25, 0.3) is 0 Å². The Kier molecular flexibility index (Phi) is 4.64. The number of hydrogen-bond donors (Lipinski definition) is 1. The molecule has 1 aromatic carbocycles. The molecule has 0 radical (unpaired) electrons. The molecule has 0 heterocycles. The van der Waals surface area contributed by atoms with Gasteiger partial charge in [-0.15, -0.1) is 0 Å². The fourth-order valence-electron chi connectivity index (χ4n) is 1.16. The molecule has 82 valence electrons. The van der Waals surface area contributed by atoms with Gasteiger partial charge >= 0.3 is 0 Å². The Labute approximate surface area is 103 Å². The lowest BCUT2D eigenvalue weighted by Crippen LogP contribution is -2.08. The van der Waals surface area contributed by atoms with Crippen molar-refractivity contribution in [3.05, 3.63) is 39.8 Å². The molecule has 0 bridgehead atoms. The van der Waals surface area contributed by atoms with Crippen molar-refractivity contribution in [2.75, 3.05) is 6.61 Å². The lowest BCUT2D eigenvalue weighted by molar-refractivity contribution is 0.355. The molecule has 0 unspecified atom stereocenters. The molecule has 0 saturated heterocycles. The maximum absolute atomic E-state index is 5.89. The van der Waals surface area contributed by atoms with Gasteiger partial charge in [-0.1, -0.05) is 34.1 Å². The summed E-state index contributed by atoms with van der Waals surface area (Å²) in [6.07, 6.45) is 0. The number of ether oxygens (including phenoxy) is 1. The molecule has 1 rings (SSSR count). The first-order valence-corrected chi connectivity index (χ1v) is 5.69. The van der Waals surface area contributed by atoms with Crippen LogP contribution >= 0.6 is 27.5 Å². The van der Waals surface area contributed by atoms with Crippen LogP contribution in [0.1, 0.15) is 18.5 Å². The van der Waals surface area contributed by atoms with Crippen LogP contribution in [0.15, 0.2) is 29.3 Å². The molecular formula is C11H13BrClNO. The van der Waals surface area contributed by atoms with Crippen LogP contribution in [0.5, 0.6) is 5.75 Å². The van der Waals surface area contributed by atoms with Gasteiger partial charge in [-0.2, -0.15) is 0 Å². The third kappa shape index (κ3) is 3.86. The van der Waals surface area contributed by atoms with Gasteiger partial charge < -0.3 is 10.5 Å². The zero-order chi connectivity index (χ0) is 11.4. The van der Waals surface area contributed by atoms with E-state index in [1.165, 1.54) is 0 Å². The van der Waals surface area contributed by atoms with E-state index in [0.717, 1.165) is 15.8 Å². The Bertz CT molecular complexity index is 366. The van der Waals surface area contributed by atoms with Crippen molar-refractivity contribution >= 4 is 27.5 Å². The summed E-state index contributed by atoms with van der Waals surface area (Å²) in [5, 5.41) is 0.660. The maximum atomic E-state index is 5.89. The fourth-order valence-corrected chi connectivity index (χ4v) is 1.46. The number of halogens is 2. The van der Waals surface area contributed by atoms with Crippen LogP contribution in [0.3, 0.4) is 0 Å². The van der Waals surface area contributed by atoms with Crippen LogP contribution < -0.4 is 10.5 Å². The highest BCUT2D eigenvalue weighted by Crippen LogP contribution is 2.27. The van der Waals surface area contributed by atoms with Crippen LogP contribution in [-0.2, 0) is 0 Å². The molecule has 2 N–H and O–H groups in total. The summed E-state index contributed by atoms with van der Waals surface area (Å²) in [6, 6.07) is 5.30. The average molecular weight is 291 g/mol. The van der Waals surface area contributed by atoms with Gasteiger partial charge in [0.2, 0.25) is 0 Å². The van der Waals surface area contributed by atoms with E-state index in [4.69, 9.17) is 22.1 Å². The summed E-state index contributed by atoms with van der Waals surface area (Å²) in [4.78, 5) is 0. The number of nitrogens with two attached hydrogens (primary N) is 1. The van der Waals surface area contributed by atoms with Crippen molar-refractivity contribution in [1.29, 1.82) is 0 Å². The van der Waals surface area contributed by atoms with Gasteiger partial charge in [-0.25, -0.2) is 0 Å². The van der Waals surface area contributed by atoms with Crippen molar-refractivity contribution in [2.45, 2.75) is 13.0 Å². The van der Waals surface area contributed by atoms with Crippen molar-refractivity contribution in [2.24, 2.45) is 5.73 Å². The Morgan fingerprint density at radius 2 is 2.33 bits per heavy atom. The van der Waals surface area contributed by atoms with Gasteiger partial charge in [-0.3, -0.25) is 0 Å². The topological polar surface area (TPSA) is 35.2 Å². The standard InChI is InChI=1S/C11H13BrClNO/c1-7(12)6-15-11-4-3-9(13)5-10(11)8(2)14/h3-5,8H,1,6,14H2,2H3/t8-/m0/s1. The summed E-state index contributed by atoms with van der Waals surface area (Å²) in [7, 11) is 0. The largest absolute Gasteiger partial charge is 0.488 e. The molecule has 1 atom stereocenters. The van der Waals surface area contributed by atoms with E-state index in [0.29, 0.717) is 11.6 Å². The van der Waals surface area contributed by atoms with Gasteiger partial charge in [-0.05, 0) is 25.1 Å². The van der Waals surface area contributed by atoms with Crippen molar-refractivity contribution in [3.8, 4) is 5.75 Å². The monoisotopic (exact) mass is 289 g/mol. The minimum absolute atomic E-state index is 0.109. The van der Waals surface area contributed by atoms with E-state index >= 15 is 0 Å². The normalized spacial score (nSPS) is 12.3. The van der Waals surface area contributed by atoms with Gasteiger partial charge in [0.25, 0.3) is 0 Å². The minimum atomic E-state index is -0.109. The van der Waals surface area contributed by atoms with Crippen molar-refractivity contribution in [1.82, 2.24) is 0 Å². The Balaban J connectivity index is 2.90. The number of hydrogen-bond acceptors (Lipinski definition) is 2. The maximum Gasteiger partial charge on any atom is 0.124 e. The van der Waals surface area contributed by atoms with Crippen LogP contribution in [0.2, 0.25) is 5.02 Å². The van der Waals surface area contributed by atoms with E-state index in [9.17, 15) is 0 Å². The van der Waals surface area contributed by atoms with E-state index < -0.39 is 0 Å². The summed E-state index contributed by atoms with van der Waals surface area (Å²) >= 11 is 9.12. The van der Waals surface area contributed by atoms with Gasteiger partial charge in [0.1, 0.15) is 12.4 Å². The quantitative estimate of drug-likeness (QED) is 0.918. The molecule has 2 nitrogen and oxygen atoms in total. The first-order chi connectivity index (χ1) is 7.00. The Morgan fingerprint density at radius 1 is 1.67 bits per heavy atom. The highest BCUT2D eigenvalue weighted by Gasteiger charge is 2.08. The first kappa shape index (κ1) is 12.6. The zero-order valence-corrected chi connectivity index (χ0v) is 10.8. The third-order valence-electron chi connectivity index (χ3n) is 1.85. The predicted molar refractivity (Wildman–Crippen MR) is 67.6 cm³/mol. The van der Waals surface area contributed by atoms with E-state index in [2.05, 4.69) is 22.5 Å². The zero-order valence-electron chi connectivity index (χ0n) is 8.47. The first-order valence-electron chi connectivity index (χ1n) is 4.52. The minimum Gasteiger partial charge on any atom is -0.488 e. The second-order valence-electron chi connectivity index (χ2n) is 3.28. The van der Waals surface area contributed by atoms with Crippen LogP contribution in [0, 0.1) is 0 Å². The van der Waals surface area contributed by atoms with Gasteiger partial charge in [0.15, 0.2) is 0 Å². The number of rotatable bonds is 4. The smallest absolute Gasteiger partial charge is 0.124 e. The second-order valence-corrected chi connectivity index (χ2v) is 4.83. The third-order valence-corrected chi connectivity index (χ3v) is 2.31. The molecule has 0 aromatic heterocycles. The summed E-state index contributed by atoms with van der Waals surface area (Å²) in [5.41, 5.74) is 6.72. The molecule has 15 heavy (non-hydrogen) atoms. The molecule has 0 aliphatic heterocycles. The molecule has 0 fully saturated rings. The van der Waals surface area contributed by atoms with E-state index in [1.54, 1.807) is 6.07 Å². The highest BCUT2D eigenvalue weighted by atomic mass is 79.9. The van der Waals surface area contributed by atoms with Crippen LogP contribution in [-0.4, -0.2) is 6.61 Å². The molecule has 0 saturated carbocycles. The van der Waals surface area contributed by atoms with Gasteiger partial charge in [0.05, 0.1) is 0 Å². The summed E-state index contributed by atoms with van der Waals surface area (Å²) in [6.45, 7) is 6.00.